The standard InChI is InChI=1S/C11H24N2O/c1-3-12-10-11-4-6-13(7-5-11)8-9-14-2/h11-12H,3-10H2,1-2H3. The molecule has 1 aliphatic rings. The second kappa shape index (κ2) is 7.21. The van der Waals surface area contributed by atoms with Gasteiger partial charge >= 0.3 is 0 Å². The van der Waals surface area contributed by atoms with E-state index in [0.29, 0.717) is 0 Å². The quantitative estimate of drug-likeness (QED) is 0.691. The van der Waals surface area contributed by atoms with Gasteiger partial charge in [-0.1, -0.05) is 6.92 Å². The van der Waals surface area contributed by atoms with Crippen molar-refractivity contribution in [2.45, 2.75) is 19.8 Å². The molecule has 0 saturated carbocycles. The first-order valence-electron chi connectivity index (χ1n) is 5.78. The first kappa shape index (κ1) is 12.0. The second-order valence-corrected chi connectivity index (χ2v) is 4.09. The summed E-state index contributed by atoms with van der Waals surface area (Å²) in [5.74, 6) is 0.897. The lowest BCUT2D eigenvalue weighted by Gasteiger charge is -2.31. The highest BCUT2D eigenvalue weighted by molar-refractivity contribution is 4.73. The number of piperidine rings is 1. The summed E-state index contributed by atoms with van der Waals surface area (Å²) in [5, 5.41) is 3.43. The lowest BCUT2D eigenvalue weighted by molar-refractivity contribution is 0.120. The molecular formula is C11H24N2O. The molecule has 3 nitrogen and oxygen atoms in total. The van der Waals surface area contributed by atoms with E-state index in [4.69, 9.17) is 4.74 Å². The average molecular weight is 200 g/mol. The van der Waals surface area contributed by atoms with Crippen LogP contribution in [0.3, 0.4) is 0 Å². The first-order chi connectivity index (χ1) is 6.86. The summed E-state index contributed by atoms with van der Waals surface area (Å²) in [4.78, 5) is 2.51. The van der Waals surface area contributed by atoms with Gasteiger partial charge in [0, 0.05) is 13.7 Å². The van der Waals surface area contributed by atoms with Gasteiger partial charge in [-0.25, -0.2) is 0 Å². The number of likely N-dealkylation sites (tertiary alicyclic amines) is 1. The van der Waals surface area contributed by atoms with Crippen LogP contribution in [0.4, 0.5) is 0 Å². The highest BCUT2D eigenvalue weighted by Gasteiger charge is 2.17. The number of hydrogen-bond acceptors (Lipinski definition) is 3. The number of nitrogens with one attached hydrogen (secondary N) is 1. The fourth-order valence-electron chi connectivity index (χ4n) is 1.98. The zero-order valence-corrected chi connectivity index (χ0v) is 9.59. The molecule has 0 aromatic heterocycles. The van der Waals surface area contributed by atoms with Gasteiger partial charge in [0.05, 0.1) is 6.61 Å². The molecule has 0 atom stereocenters. The lowest BCUT2D eigenvalue weighted by Crippen LogP contribution is -2.38. The monoisotopic (exact) mass is 200 g/mol. The number of rotatable bonds is 6. The van der Waals surface area contributed by atoms with E-state index in [9.17, 15) is 0 Å². The van der Waals surface area contributed by atoms with Crippen LogP contribution in [0.5, 0.6) is 0 Å². The van der Waals surface area contributed by atoms with E-state index in [1.54, 1.807) is 7.11 Å². The minimum Gasteiger partial charge on any atom is -0.383 e. The van der Waals surface area contributed by atoms with Crippen LogP contribution in [0, 0.1) is 5.92 Å². The summed E-state index contributed by atoms with van der Waals surface area (Å²) in [5.41, 5.74) is 0. The van der Waals surface area contributed by atoms with E-state index in [0.717, 1.165) is 25.6 Å². The molecule has 0 unspecified atom stereocenters. The van der Waals surface area contributed by atoms with Gasteiger partial charge in [0.1, 0.15) is 0 Å². The third-order valence-corrected chi connectivity index (χ3v) is 3.00. The molecule has 1 N–H and O–H groups in total. The maximum atomic E-state index is 5.08. The molecule has 0 aliphatic carbocycles. The van der Waals surface area contributed by atoms with Crippen LogP contribution in [-0.4, -0.2) is 51.3 Å². The van der Waals surface area contributed by atoms with Crippen molar-refractivity contribution in [3.05, 3.63) is 0 Å². The zero-order valence-electron chi connectivity index (χ0n) is 9.59. The molecule has 3 heteroatoms. The third kappa shape index (κ3) is 4.40. The number of hydrogen-bond donors (Lipinski definition) is 1. The molecule has 0 amide bonds. The van der Waals surface area contributed by atoms with Gasteiger partial charge in [0.15, 0.2) is 0 Å². The molecule has 1 rings (SSSR count). The Balaban J connectivity index is 2.05. The van der Waals surface area contributed by atoms with Crippen LogP contribution in [0.25, 0.3) is 0 Å². The van der Waals surface area contributed by atoms with Crippen LogP contribution in [0.1, 0.15) is 19.8 Å². The van der Waals surface area contributed by atoms with Gasteiger partial charge in [-0.15, -0.1) is 0 Å². The van der Waals surface area contributed by atoms with Crippen molar-refractivity contribution in [1.82, 2.24) is 10.2 Å². The van der Waals surface area contributed by atoms with Gasteiger partial charge in [-0.3, -0.25) is 0 Å². The number of methoxy groups -OCH3 is 1. The van der Waals surface area contributed by atoms with Crippen molar-refractivity contribution in [2.75, 3.05) is 46.4 Å². The van der Waals surface area contributed by atoms with Crippen molar-refractivity contribution in [3.63, 3.8) is 0 Å². The maximum Gasteiger partial charge on any atom is 0.0589 e. The largest absolute Gasteiger partial charge is 0.383 e. The molecular weight excluding hydrogens is 176 g/mol. The third-order valence-electron chi connectivity index (χ3n) is 3.00. The van der Waals surface area contributed by atoms with Gasteiger partial charge in [-0.2, -0.15) is 0 Å². The minimum absolute atomic E-state index is 0.873. The Labute approximate surface area is 87.8 Å². The molecule has 1 saturated heterocycles. The molecule has 0 aromatic carbocycles. The highest BCUT2D eigenvalue weighted by atomic mass is 16.5. The average Bonchev–Trinajstić information content (AvgIpc) is 2.25. The van der Waals surface area contributed by atoms with Crippen molar-refractivity contribution in [1.29, 1.82) is 0 Å². The summed E-state index contributed by atoms with van der Waals surface area (Å²) in [6.45, 7) is 8.95. The molecule has 1 aliphatic heterocycles. The molecule has 84 valence electrons. The van der Waals surface area contributed by atoms with Crippen LogP contribution in [0.2, 0.25) is 0 Å². The zero-order chi connectivity index (χ0) is 10.2. The van der Waals surface area contributed by atoms with Crippen molar-refractivity contribution in [3.8, 4) is 0 Å². The maximum absolute atomic E-state index is 5.08. The number of ether oxygens (including phenoxy) is 1. The van der Waals surface area contributed by atoms with Crippen LogP contribution < -0.4 is 5.32 Å². The normalized spacial score (nSPS) is 20.1. The van der Waals surface area contributed by atoms with Crippen LogP contribution >= 0.6 is 0 Å². The van der Waals surface area contributed by atoms with E-state index >= 15 is 0 Å². The topological polar surface area (TPSA) is 24.5 Å². The van der Waals surface area contributed by atoms with Crippen molar-refractivity contribution in [2.24, 2.45) is 5.92 Å². The molecule has 0 aromatic rings. The first-order valence-corrected chi connectivity index (χ1v) is 5.78. The van der Waals surface area contributed by atoms with E-state index in [1.807, 2.05) is 0 Å². The summed E-state index contributed by atoms with van der Waals surface area (Å²) in [6, 6.07) is 0. The van der Waals surface area contributed by atoms with Crippen LogP contribution in [0.15, 0.2) is 0 Å². The Morgan fingerprint density at radius 2 is 2.07 bits per heavy atom. The van der Waals surface area contributed by atoms with E-state index < -0.39 is 0 Å². The second-order valence-electron chi connectivity index (χ2n) is 4.09. The Morgan fingerprint density at radius 1 is 1.36 bits per heavy atom. The fourth-order valence-corrected chi connectivity index (χ4v) is 1.98. The van der Waals surface area contributed by atoms with Gasteiger partial charge in [-0.05, 0) is 44.9 Å². The SMILES string of the molecule is CCNCC1CCN(CCOC)CC1. The van der Waals surface area contributed by atoms with E-state index in [2.05, 4.69) is 17.1 Å². The molecule has 0 bridgehead atoms. The summed E-state index contributed by atoms with van der Waals surface area (Å²) < 4.78 is 5.08. The Morgan fingerprint density at radius 3 is 2.64 bits per heavy atom. The smallest absolute Gasteiger partial charge is 0.0589 e. The Bertz CT molecular complexity index is 117. The molecule has 1 heterocycles. The summed E-state index contributed by atoms with van der Waals surface area (Å²) in [7, 11) is 1.78. The molecule has 0 spiro atoms. The van der Waals surface area contributed by atoms with Crippen LogP contribution in [-0.2, 0) is 4.74 Å². The lowest BCUT2D eigenvalue weighted by atomic mass is 9.97. The van der Waals surface area contributed by atoms with Gasteiger partial charge in [0.25, 0.3) is 0 Å². The molecule has 14 heavy (non-hydrogen) atoms. The highest BCUT2D eigenvalue weighted by Crippen LogP contribution is 2.15. The van der Waals surface area contributed by atoms with Gasteiger partial charge in [0.2, 0.25) is 0 Å². The van der Waals surface area contributed by atoms with Gasteiger partial charge < -0.3 is 15.0 Å². The fraction of sp³-hybridized carbons (Fsp3) is 1.00. The van der Waals surface area contributed by atoms with Crippen molar-refractivity contribution >= 4 is 0 Å². The van der Waals surface area contributed by atoms with E-state index in [1.165, 1.54) is 32.5 Å². The summed E-state index contributed by atoms with van der Waals surface area (Å²) in [6.07, 6.45) is 2.69. The number of nitrogens with zero attached hydrogens (tertiary/aromatic N) is 1. The summed E-state index contributed by atoms with van der Waals surface area (Å²) >= 11 is 0. The Hall–Kier alpha value is -0.120. The molecule has 0 radical (unpaired) electrons. The van der Waals surface area contributed by atoms with Crippen molar-refractivity contribution < 1.29 is 4.74 Å². The van der Waals surface area contributed by atoms with E-state index in [-0.39, 0.29) is 0 Å². The Kier molecular flexibility index (Phi) is 6.15. The molecule has 1 fully saturated rings. The minimum atomic E-state index is 0.873. The predicted molar refractivity (Wildman–Crippen MR) is 59.6 cm³/mol. The predicted octanol–water partition coefficient (Wildman–Crippen LogP) is 0.954.